The van der Waals surface area contributed by atoms with Crippen molar-refractivity contribution < 1.29 is 9.53 Å². The maximum absolute atomic E-state index is 11.9. The zero-order valence-electron chi connectivity index (χ0n) is 15.6. The predicted octanol–water partition coefficient (Wildman–Crippen LogP) is 3.05. The van der Waals surface area contributed by atoms with E-state index in [0.29, 0.717) is 5.56 Å². The summed E-state index contributed by atoms with van der Waals surface area (Å²) in [5.41, 5.74) is 9.30. The van der Waals surface area contributed by atoms with E-state index in [9.17, 15) is 4.79 Å². The molecular formula is C22H25N3O2. The number of benzene rings is 2. The Morgan fingerprint density at radius 1 is 1.04 bits per heavy atom. The van der Waals surface area contributed by atoms with Crippen LogP contribution in [0.3, 0.4) is 0 Å². The van der Waals surface area contributed by atoms with Crippen molar-refractivity contribution in [2.75, 3.05) is 32.8 Å². The zero-order chi connectivity index (χ0) is 18.8. The van der Waals surface area contributed by atoms with Crippen LogP contribution in [0.25, 0.3) is 22.0 Å². The van der Waals surface area contributed by atoms with Crippen LogP contribution in [0.15, 0.2) is 48.5 Å². The number of aromatic nitrogens is 1. The quantitative estimate of drug-likeness (QED) is 0.758. The molecule has 1 aliphatic heterocycles. The highest BCUT2D eigenvalue weighted by molar-refractivity contribution is 5.96. The van der Waals surface area contributed by atoms with Gasteiger partial charge in [0.1, 0.15) is 0 Å². The molecule has 1 saturated heterocycles. The molecule has 4 rings (SSSR count). The molecule has 0 bridgehead atoms. The normalized spacial score (nSPS) is 15.3. The van der Waals surface area contributed by atoms with Gasteiger partial charge in [-0.1, -0.05) is 36.4 Å². The van der Waals surface area contributed by atoms with Crippen molar-refractivity contribution in [1.29, 1.82) is 0 Å². The number of carbonyl (C=O) groups is 1. The third kappa shape index (κ3) is 3.61. The van der Waals surface area contributed by atoms with E-state index >= 15 is 0 Å². The first kappa shape index (κ1) is 17.8. The fraction of sp³-hybridized carbons (Fsp3) is 0.318. The first-order valence-corrected chi connectivity index (χ1v) is 9.43. The Morgan fingerprint density at radius 2 is 1.78 bits per heavy atom. The molecule has 1 amide bonds. The van der Waals surface area contributed by atoms with Crippen molar-refractivity contribution >= 4 is 16.7 Å². The van der Waals surface area contributed by atoms with E-state index in [-0.39, 0.29) is 5.91 Å². The topological polar surface area (TPSA) is 60.5 Å². The molecule has 1 fully saturated rings. The molecule has 3 aromatic rings. The van der Waals surface area contributed by atoms with Gasteiger partial charge in [0.15, 0.2) is 0 Å². The Balaban J connectivity index is 1.71. The van der Waals surface area contributed by atoms with Gasteiger partial charge in [0.05, 0.1) is 18.8 Å². The first-order valence-electron chi connectivity index (χ1n) is 9.43. The third-order valence-corrected chi connectivity index (χ3v) is 5.42. The number of morpholine rings is 1. The van der Waals surface area contributed by atoms with Crippen LogP contribution in [0.4, 0.5) is 0 Å². The lowest BCUT2D eigenvalue weighted by molar-refractivity contribution is 0.0364. The molecule has 0 saturated carbocycles. The fourth-order valence-corrected chi connectivity index (χ4v) is 3.84. The van der Waals surface area contributed by atoms with Gasteiger partial charge < -0.3 is 15.0 Å². The SMILES string of the molecule is Cc1c(C(N)=O)cc(-c2ccc3ccccc3c2)n1CCN1CCOCC1. The van der Waals surface area contributed by atoms with Crippen molar-refractivity contribution in [2.24, 2.45) is 5.73 Å². The molecule has 0 spiro atoms. The van der Waals surface area contributed by atoms with Gasteiger partial charge in [0.25, 0.3) is 5.91 Å². The van der Waals surface area contributed by atoms with Crippen LogP contribution in [0.1, 0.15) is 16.1 Å². The Kier molecular flexibility index (Phi) is 4.97. The molecule has 5 heteroatoms. The number of primary amides is 1. The fourth-order valence-electron chi connectivity index (χ4n) is 3.84. The monoisotopic (exact) mass is 363 g/mol. The molecule has 5 nitrogen and oxygen atoms in total. The van der Waals surface area contributed by atoms with Crippen molar-refractivity contribution in [3.8, 4) is 11.3 Å². The second-order valence-corrected chi connectivity index (χ2v) is 7.06. The Labute approximate surface area is 159 Å². The van der Waals surface area contributed by atoms with Crippen LogP contribution in [0.2, 0.25) is 0 Å². The van der Waals surface area contributed by atoms with Gasteiger partial charge in [-0.2, -0.15) is 0 Å². The summed E-state index contributed by atoms with van der Waals surface area (Å²) in [5, 5.41) is 2.40. The van der Waals surface area contributed by atoms with Crippen molar-refractivity contribution in [3.05, 3.63) is 59.8 Å². The largest absolute Gasteiger partial charge is 0.379 e. The molecule has 1 aromatic heterocycles. The lowest BCUT2D eigenvalue weighted by Gasteiger charge is -2.27. The van der Waals surface area contributed by atoms with E-state index in [1.807, 2.05) is 25.1 Å². The minimum atomic E-state index is -0.375. The number of ether oxygens (including phenoxy) is 1. The molecule has 2 N–H and O–H groups in total. The molecule has 2 heterocycles. The van der Waals surface area contributed by atoms with Gasteiger partial charge in [0, 0.05) is 37.6 Å². The number of carbonyl (C=O) groups excluding carboxylic acids is 1. The van der Waals surface area contributed by atoms with Gasteiger partial charge in [-0.25, -0.2) is 0 Å². The summed E-state index contributed by atoms with van der Waals surface area (Å²) < 4.78 is 7.66. The summed E-state index contributed by atoms with van der Waals surface area (Å²) in [6.07, 6.45) is 0. The average molecular weight is 363 g/mol. The highest BCUT2D eigenvalue weighted by Crippen LogP contribution is 2.29. The van der Waals surface area contributed by atoms with Crippen LogP contribution < -0.4 is 5.73 Å². The molecule has 0 atom stereocenters. The van der Waals surface area contributed by atoms with Gasteiger partial charge in [0.2, 0.25) is 0 Å². The van der Waals surface area contributed by atoms with Gasteiger partial charge in [-0.05, 0) is 35.4 Å². The number of rotatable bonds is 5. The van der Waals surface area contributed by atoms with E-state index in [0.717, 1.165) is 56.3 Å². The van der Waals surface area contributed by atoms with Crippen LogP contribution in [0, 0.1) is 6.92 Å². The van der Waals surface area contributed by atoms with Gasteiger partial charge in [-0.3, -0.25) is 9.69 Å². The van der Waals surface area contributed by atoms with E-state index in [1.54, 1.807) is 0 Å². The number of amides is 1. The van der Waals surface area contributed by atoms with Crippen LogP contribution in [-0.4, -0.2) is 48.2 Å². The van der Waals surface area contributed by atoms with Crippen LogP contribution in [-0.2, 0) is 11.3 Å². The van der Waals surface area contributed by atoms with E-state index in [2.05, 4.69) is 39.8 Å². The maximum Gasteiger partial charge on any atom is 0.250 e. The first-order chi connectivity index (χ1) is 13.1. The van der Waals surface area contributed by atoms with Gasteiger partial charge >= 0.3 is 0 Å². The number of hydrogen-bond donors (Lipinski definition) is 1. The lowest BCUT2D eigenvalue weighted by atomic mass is 10.0. The summed E-state index contributed by atoms with van der Waals surface area (Å²) >= 11 is 0. The second-order valence-electron chi connectivity index (χ2n) is 7.06. The van der Waals surface area contributed by atoms with Gasteiger partial charge in [-0.15, -0.1) is 0 Å². The Hall–Kier alpha value is -2.63. The zero-order valence-corrected chi connectivity index (χ0v) is 15.6. The molecule has 1 aliphatic rings. The van der Waals surface area contributed by atoms with Crippen molar-refractivity contribution in [1.82, 2.24) is 9.47 Å². The standard InChI is InChI=1S/C22H25N3O2/c1-16-20(22(23)26)15-21(25(16)9-8-24-10-12-27-13-11-24)19-7-6-17-4-2-3-5-18(17)14-19/h2-7,14-15H,8-13H2,1H3,(H2,23,26). The summed E-state index contributed by atoms with van der Waals surface area (Å²) in [7, 11) is 0. The Morgan fingerprint density at radius 3 is 2.52 bits per heavy atom. The number of hydrogen-bond acceptors (Lipinski definition) is 3. The highest BCUT2D eigenvalue weighted by atomic mass is 16.5. The van der Waals surface area contributed by atoms with E-state index in [4.69, 9.17) is 10.5 Å². The number of nitrogens with two attached hydrogens (primary N) is 1. The lowest BCUT2D eigenvalue weighted by Crippen LogP contribution is -2.38. The van der Waals surface area contributed by atoms with E-state index < -0.39 is 0 Å². The minimum absolute atomic E-state index is 0.375. The summed E-state index contributed by atoms with van der Waals surface area (Å²) in [6, 6.07) is 16.7. The predicted molar refractivity (Wildman–Crippen MR) is 108 cm³/mol. The molecule has 27 heavy (non-hydrogen) atoms. The summed E-state index contributed by atoms with van der Waals surface area (Å²) in [4.78, 5) is 14.3. The molecule has 2 aromatic carbocycles. The van der Waals surface area contributed by atoms with Crippen molar-refractivity contribution in [3.63, 3.8) is 0 Å². The van der Waals surface area contributed by atoms with Crippen LogP contribution >= 0.6 is 0 Å². The molecule has 0 aliphatic carbocycles. The Bertz CT molecular complexity index is 971. The molecule has 0 unspecified atom stereocenters. The van der Waals surface area contributed by atoms with Crippen molar-refractivity contribution in [2.45, 2.75) is 13.5 Å². The second kappa shape index (κ2) is 7.55. The average Bonchev–Trinajstić information content (AvgIpc) is 3.03. The van der Waals surface area contributed by atoms with E-state index in [1.165, 1.54) is 10.8 Å². The third-order valence-electron chi connectivity index (χ3n) is 5.42. The number of nitrogens with zero attached hydrogens (tertiary/aromatic N) is 2. The molecule has 0 radical (unpaired) electrons. The van der Waals surface area contributed by atoms with Crippen LogP contribution in [0.5, 0.6) is 0 Å². The summed E-state index contributed by atoms with van der Waals surface area (Å²) in [5.74, 6) is -0.375. The molecule has 140 valence electrons. The summed E-state index contributed by atoms with van der Waals surface area (Å²) in [6.45, 7) is 7.20. The number of fused-ring (bicyclic) bond motifs is 1. The highest BCUT2D eigenvalue weighted by Gasteiger charge is 2.18. The molecular weight excluding hydrogens is 338 g/mol. The minimum Gasteiger partial charge on any atom is -0.379 e. The smallest absolute Gasteiger partial charge is 0.250 e. The maximum atomic E-state index is 11.9.